The fourth-order valence-electron chi connectivity index (χ4n) is 2.89. The molecule has 3 aromatic carbocycles. The van der Waals surface area contributed by atoms with E-state index in [0.717, 1.165) is 21.7 Å². The number of carbonyl (C=O) groups is 2. The molecule has 3 aromatic rings. The summed E-state index contributed by atoms with van der Waals surface area (Å²) in [5.41, 5.74) is 5.71. The second-order valence-electron chi connectivity index (χ2n) is 7.34. The van der Waals surface area contributed by atoms with Gasteiger partial charge in [0, 0.05) is 30.2 Å². The Morgan fingerprint density at radius 1 is 0.879 bits per heavy atom. The molecular formula is C26H26N4O2S. The largest absolute Gasteiger partial charge is 0.378 e. The minimum atomic E-state index is -0.520. The smallest absolute Gasteiger partial charge is 0.287 e. The number of hydrogen-bond acceptors (Lipinski definition) is 5. The second-order valence-corrected chi connectivity index (χ2v) is 8.22. The first-order valence-electron chi connectivity index (χ1n) is 10.3. The standard InChI is InChI=1S/C26H26N4O2S/c1-30(2)22-13-9-19(10-14-22)17-24(28-25(31)21-7-5-4-6-8-21)26(32)29-27-18-20-11-15-23(33-3)16-12-20/h4-18H,1-3H3,(H,28,31)(H,29,32). The highest BCUT2D eigenvalue weighted by Crippen LogP contribution is 2.15. The number of benzene rings is 3. The van der Waals surface area contributed by atoms with Crippen LogP contribution in [0, 0.1) is 0 Å². The normalized spacial score (nSPS) is 11.3. The molecule has 33 heavy (non-hydrogen) atoms. The van der Waals surface area contributed by atoms with Crippen LogP contribution in [0.25, 0.3) is 6.08 Å². The van der Waals surface area contributed by atoms with Gasteiger partial charge >= 0.3 is 0 Å². The van der Waals surface area contributed by atoms with Gasteiger partial charge in [-0.05, 0) is 59.9 Å². The Hall–Kier alpha value is -3.84. The molecule has 0 aliphatic heterocycles. The summed E-state index contributed by atoms with van der Waals surface area (Å²) in [6, 6.07) is 24.2. The van der Waals surface area contributed by atoms with Crippen molar-refractivity contribution in [1.29, 1.82) is 0 Å². The third-order valence-corrected chi connectivity index (χ3v) is 5.49. The zero-order valence-corrected chi connectivity index (χ0v) is 19.6. The molecule has 6 nitrogen and oxygen atoms in total. The van der Waals surface area contributed by atoms with Gasteiger partial charge in [-0.3, -0.25) is 9.59 Å². The van der Waals surface area contributed by atoms with Crippen molar-refractivity contribution < 1.29 is 9.59 Å². The number of amides is 2. The van der Waals surface area contributed by atoms with Crippen molar-refractivity contribution in [2.45, 2.75) is 4.90 Å². The van der Waals surface area contributed by atoms with Gasteiger partial charge in [0.15, 0.2) is 0 Å². The summed E-state index contributed by atoms with van der Waals surface area (Å²) in [6.07, 6.45) is 5.19. The third-order valence-electron chi connectivity index (χ3n) is 4.74. The Labute approximate surface area is 198 Å². The lowest BCUT2D eigenvalue weighted by Crippen LogP contribution is -2.32. The highest BCUT2D eigenvalue weighted by Gasteiger charge is 2.14. The van der Waals surface area contributed by atoms with Crippen molar-refractivity contribution in [3.63, 3.8) is 0 Å². The first-order valence-corrected chi connectivity index (χ1v) is 11.5. The van der Waals surface area contributed by atoms with E-state index in [1.165, 1.54) is 0 Å². The highest BCUT2D eigenvalue weighted by molar-refractivity contribution is 7.98. The summed E-state index contributed by atoms with van der Waals surface area (Å²) in [5.74, 6) is -0.897. The number of carbonyl (C=O) groups excluding carboxylic acids is 2. The van der Waals surface area contributed by atoms with Crippen LogP contribution >= 0.6 is 11.8 Å². The zero-order valence-electron chi connectivity index (χ0n) is 18.8. The average Bonchev–Trinajstić information content (AvgIpc) is 2.84. The quantitative estimate of drug-likeness (QED) is 0.227. The van der Waals surface area contributed by atoms with Gasteiger partial charge in [0.1, 0.15) is 5.70 Å². The summed E-state index contributed by atoms with van der Waals surface area (Å²) in [4.78, 5) is 28.7. The molecule has 2 amide bonds. The van der Waals surface area contributed by atoms with Crippen molar-refractivity contribution in [3.05, 3.63) is 101 Å². The molecular weight excluding hydrogens is 432 g/mol. The second kappa shape index (κ2) is 11.7. The number of rotatable bonds is 8. The van der Waals surface area contributed by atoms with E-state index < -0.39 is 5.91 Å². The maximum atomic E-state index is 12.9. The van der Waals surface area contributed by atoms with Crippen LogP contribution in [-0.4, -0.2) is 38.4 Å². The topological polar surface area (TPSA) is 73.8 Å². The van der Waals surface area contributed by atoms with Crippen molar-refractivity contribution >= 4 is 41.6 Å². The summed E-state index contributed by atoms with van der Waals surface area (Å²) >= 11 is 1.65. The van der Waals surface area contributed by atoms with Crippen LogP contribution in [-0.2, 0) is 4.79 Å². The van der Waals surface area contributed by atoms with Gasteiger partial charge in [0.25, 0.3) is 11.8 Å². The predicted octanol–water partition coefficient (Wildman–Crippen LogP) is 4.40. The van der Waals surface area contributed by atoms with E-state index in [2.05, 4.69) is 15.8 Å². The predicted molar refractivity (Wildman–Crippen MR) is 137 cm³/mol. The van der Waals surface area contributed by atoms with Crippen LogP contribution < -0.4 is 15.6 Å². The van der Waals surface area contributed by atoms with Gasteiger partial charge in [0.2, 0.25) is 0 Å². The number of hydrogen-bond donors (Lipinski definition) is 2. The maximum Gasteiger partial charge on any atom is 0.287 e. The first kappa shape index (κ1) is 23.8. The molecule has 0 aliphatic carbocycles. The van der Waals surface area contributed by atoms with Gasteiger partial charge in [0.05, 0.1) is 6.21 Å². The number of nitrogens with one attached hydrogen (secondary N) is 2. The highest BCUT2D eigenvalue weighted by atomic mass is 32.2. The van der Waals surface area contributed by atoms with E-state index in [0.29, 0.717) is 5.56 Å². The molecule has 0 aliphatic rings. The summed E-state index contributed by atoms with van der Waals surface area (Å²) in [6.45, 7) is 0. The van der Waals surface area contributed by atoms with E-state index >= 15 is 0 Å². The monoisotopic (exact) mass is 458 g/mol. The fraction of sp³-hybridized carbons (Fsp3) is 0.115. The van der Waals surface area contributed by atoms with E-state index in [1.807, 2.05) is 79.8 Å². The van der Waals surface area contributed by atoms with Gasteiger partial charge < -0.3 is 10.2 Å². The lowest BCUT2D eigenvalue weighted by atomic mass is 10.1. The fourth-order valence-corrected chi connectivity index (χ4v) is 3.30. The number of anilines is 1. The molecule has 0 saturated heterocycles. The average molecular weight is 459 g/mol. The van der Waals surface area contributed by atoms with E-state index in [4.69, 9.17) is 0 Å². The van der Waals surface area contributed by atoms with Gasteiger partial charge in [-0.1, -0.05) is 42.5 Å². The van der Waals surface area contributed by atoms with Crippen molar-refractivity contribution in [2.75, 3.05) is 25.3 Å². The lowest BCUT2D eigenvalue weighted by Gasteiger charge is -2.12. The first-order chi connectivity index (χ1) is 16.0. The zero-order chi connectivity index (χ0) is 23.6. The molecule has 0 aromatic heterocycles. The summed E-state index contributed by atoms with van der Waals surface area (Å²) in [7, 11) is 3.91. The molecule has 0 saturated carbocycles. The van der Waals surface area contributed by atoms with Crippen LogP contribution in [0.5, 0.6) is 0 Å². The Bertz CT molecular complexity index is 1140. The lowest BCUT2D eigenvalue weighted by molar-refractivity contribution is -0.117. The molecule has 0 atom stereocenters. The van der Waals surface area contributed by atoms with Crippen LogP contribution in [0.2, 0.25) is 0 Å². The Kier molecular flexibility index (Phi) is 8.43. The van der Waals surface area contributed by atoms with Crippen LogP contribution in [0.15, 0.2) is 94.6 Å². The Morgan fingerprint density at radius 3 is 2.12 bits per heavy atom. The molecule has 0 unspecified atom stereocenters. The summed E-state index contributed by atoms with van der Waals surface area (Å²) < 4.78 is 0. The minimum absolute atomic E-state index is 0.0938. The van der Waals surface area contributed by atoms with Gasteiger partial charge in [-0.15, -0.1) is 11.8 Å². The number of hydrazone groups is 1. The van der Waals surface area contributed by atoms with Crippen LogP contribution in [0.3, 0.4) is 0 Å². The SMILES string of the molecule is CSc1ccc(C=NNC(=O)C(=Cc2ccc(N(C)C)cc2)NC(=O)c2ccccc2)cc1. The molecule has 0 bridgehead atoms. The van der Waals surface area contributed by atoms with Crippen molar-refractivity contribution in [2.24, 2.45) is 5.10 Å². The molecule has 0 radical (unpaired) electrons. The third kappa shape index (κ3) is 7.08. The number of thioether (sulfide) groups is 1. The summed E-state index contributed by atoms with van der Waals surface area (Å²) in [5, 5.41) is 6.75. The maximum absolute atomic E-state index is 12.9. The molecule has 168 valence electrons. The van der Waals surface area contributed by atoms with E-state index in [9.17, 15) is 9.59 Å². The molecule has 0 heterocycles. The van der Waals surface area contributed by atoms with Crippen LogP contribution in [0.1, 0.15) is 21.5 Å². The molecule has 0 fully saturated rings. The number of nitrogens with zero attached hydrogens (tertiary/aromatic N) is 2. The molecule has 7 heteroatoms. The molecule has 0 spiro atoms. The minimum Gasteiger partial charge on any atom is -0.378 e. The van der Waals surface area contributed by atoms with Crippen molar-refractivity contribution in [1.82, 2.24) is 10.7 Å². The van der Waals surface area contributed by atoms with E-state index in [1.54, 1.807) is 48.3 Å². The van der Waals surface area contributed by atoms with Gasteiger partial charge in [-0.2, -0.15) is 5.10 Å². The van der Waals surface area contributed by atoms with E-state index in [-0.39, 0.29) is 11.6 Å². The van der Waals surface area contributed by atoms with Crippen LogP contribution in [0.4, 0.5) is 5.69 Å². The van der Waals surface area contributed by atoms with Crippen molar-refractivity contribution in [3.8, 4) is 0 Å². The molecule has 3 rings (SSSR count). The van der Waals surface area contributed by atoms with Gasteiger partial charge in [-0.25, -0.2) is 5.43 Å². The Balaban J connectivity index is 1.79. The molecule has 2 N–H and O–H groups in total. The Morgan fingerprint density at radius 2 is 1.52 bits per heavy atom.